The zero-order valence-corrected chi connectivity index (χ0v) is 17.2. The van der Waals surface area contributed by atoms with E-state index in [1.165, 1.54) is 37.8 Å². The zero-order valence-electron chi connectivity index (χ0n) is 17.2. The van der Waals surface area contributed by atoms with Crippen LogP contribution in [0.4, 0.5) is 0 Å². The van der Waals surface area contributed by atoms with Gasteiger partial charge in [-0.2, -0.15) is 5.10 Å². The molecule has 1 amide bonds. The molecular formula is C21H36N4O2. The number of ether oxygens (including phenoxy) is 1. The van der Waals surface area contributed by atoms with Crippen LogP contribution >= 0.6 is 0 Å². The van der Waals surface area contributed by atoms with Gasteiger partial charge in [0.1, 0.15) is 0 Å². The minimum absolute atomic E-state index is 0.0579. The third-order valence-corrected chi connectivity index (χ3v) is 5.93. The van der Waals surface area contributed by atoms with Crippen molar-refractivity contribution in [2.45, 2.75) is 83.9 Å². The van der Waals surface area contributed by atoms with Crippen molar-refractivity contribution in [2.75, 3.05) is 20.2 Å². The molecule has 0 aliphatic heterocycles. The number of amides is 1. The molecule has 6 nitrogen and oxygen atoms in total. The quantitative estimate of drug-likeness (QED) is 0.685. The number of hydrogen-bond acceptors (Lipinski definition) is 4. The number of carbonyl (C=O) groups is 1. The first-order chi connectivity index (χ1) is 13.1. The van der Waals surface area contributed by atoms with E-state index in [9.17, 15) is 4.79 Å². The summed E-state index contributed by atoms with van der Waals surface area (Å²) in [5.41, 5.74) is 3.07. The fraction of sp³-hybridized carbons (Fsp3) is 0.810. The van der Waals surface area contributed by atoms with Gasteiger partial charge in [0.05, 0.1) is 12.7 Å². The summed E-state index contributed by atoms with van der Waals surface area (Å²) in [6.07, 6.45) is 9.86. The van der Waals surface area contributed by atoms with Gasteiger partial charge in [-0.25, -0.2) is 0 Å². The van der Waals surface area contributed by atoms with Crippen LogP contribution in [0.1, 0.15) is 74.1 Å². The summed E-state index contributed by atoms with van der Waals surface area (Å²) >= 11 is 0. The molecule has 0 radical (unpaired) electrons. The Morgan fingerprint density at radius 1 is 1.26 bits per heavy atom. The smallest absolute Gasteiger partial charge is 0.271 e. The van der Waals surface area contributed by atoms with Crippen LogP contribution in [0.2, 0.25) is 0 Å². The lowest BCUT2D eigenvalue weighted by atomic mass is 9.88. The summed E-state index contributed by atoms with van der Waals surface area (Å²) in [6, 6.07) is 0.393. The van der Waals surface area contributed by atoms with Crippen LogP contribution in [-0.4, -0.2) is 48.0 Å². The van der Waals surface area contributed by atoms with E-state index >= 15 is 0 Å². The third kappa shape index (κ3) is 5.32. The molecule has 0 aromatic carbocycles. The molecule has 1 aromatic heterocycles. The van der Waals surface area contributed by atoms with Gasteiger partial charge in [-0.1, -0.05) is 19.3 Å². The Labute approximate surface area is 163 Å². The molecule has 0 unspecified atom stereocenters. The van der Waals surface area contributed by atoms with E-state index in [0.29, 0.717) is 17.7 Å². The van der Waals surface area contributed by atoms with Gasteiger partial charge in [-0.3, -0.25) is 9.48 Å². The lowest BCUT2D eigenvalue weighted by molar-refractivity contribution is 0.0790. The van der Waals surface area contributed by atoms with Crippen LogP contribution in [0, 0.1) is 5.92 Å². The van der Waals surface area contributed by atoms with Crippen molar-refractivity contribution in [3.8, 4) is 0 Å². The maximum absolute atomic E-state index is 12.4. The summed E-state index contributed by atoms with van der Waals surface area (Å²) in [5, 5.41) is 11.1. The lowest BCUT2D eigenvalue weighted by Crippen LogP contribution is -2.37. The fourth-order valence-electron chi connectivity index (χ4n) is 4.49. The van der Waals surface area contributed by atoms with E-state index in [0.717, 1.165) is 44.5 Å². The molecule has 1 atom stereocenters. The van der Waals surface area contributed by atoms with E-state index in [1.54, 1.807) is 7.05 Å². The molecule has 1 saturated carbocycles. The molecule has 0 spiro atoms. The Hall–Kier alpha value is -1.40. The molecule has 6 heteroatoms. The van der Waals surface area contributed by atoms with Crippen molar-refractivity contribution in [2.24, 2.45) is 5.92 Å². The second-order valence-electron chi connectivity index (χ2n) is 8.35. The Morgan fingerprint density at radius 2 is 2.04 bits per heavy atom. The predicted molar refractivity (Wildman–Crippen MR) is 107 cm³/mol. The van der Waals surface area contributed by atoms with Crippen LogP contribution < -0.4 is 10.6 Å². The zero-order chi connectivity index (χ0) is 19.2. The highest BCUT2D eigenvalue weighted by Gasteiger charge is 2.29. The highest BCUT2D eigenvalue weighted by molar-refractivity contribution is 5.93. The van der Waals surface area contributed by atoms with Gasteiger partial charge in [0.2, 0.25) is 0 Å². The van der Waals surface area contributed by atoms with Gasteiger partial charge >= 0.3 is 0 Å². The van der Waals surface area contributed by atoms with Gasteiger partial charge in [-0.15, -0.1) is 0 Å². The highest BCUT2D eigenvalue weighted by atomic mass is 16.5. The van der Waals surface area contributed by atoms with E-state index in [4.69, 9.17) is 9.84 Å². The predicted octanol–water partition coefficient (Wildman–Crippen LogP) is 2.69. The molecule has 0 bridgehead atoms. The molecule has 0 saturated heterocycles. The van der Waals surface area contributed by atoms with E-state index in [1.807, 2.05) is 0 Å². The van der Waals surface area contributed by atoms with Crippen LogP contribution in [-0.2, 0) is 24.1 Å². The molecule has 152 valence electrons. The molecule has 3 rings (SSSR count). The van der Waals surface area contributed by atoms with Crippen LogP contribution in [0.3, 0.4) is 0 Å². The Balaban J connectivity index is 1.68. The largest absolute Gasteiger partial charge is 0.377 e. The minimum atomic E-state index is -0.0579. The van der Waals surface area contributed by atoms with Crippen molar-refractivity contribution >= 4 is 5.91 Å². The number of rotatable bonds is 8. The fourth-order valence-corrected chi connectivity index (χ4v) is 4.49. The average Bonchev–Trinajstić information content (AvgIpc) is 3.03. The molecule has 2 aliphatic rings. The molecule has 1 aromatic rings. The van der Waals surface area contributed by atoms with Crippen molar-refractivity contribution < 1.29 is 9.53 Å². The van der Waals surface area contributed by atoms with Crippen LogP contribution in [0.15, 0.2) is 0 Å². The van der Waals surface area contributed by atoms with Crippen molar-refractivity contribution in [1.29, 1.82) is 0 Å². The number of nitrogens with zero attached hydrogens (tertiary/aromatic N) is 2. The second kappa shape index (κ2) is 9.69. The maximum Gasteiger partial charge on any atom is 0.271 e. The molecule has 27 heavy (non-hydrogen) atoms. The van der Waals surface area contributed by atoms with E-state index < -0.39 is 0 Å². The number of nitrogens with one attached hydrogen (secondary N) is 2. The van der Waals surface area contributed by atoms with Crippen molar-refractivity contribution in [3.05, 3.63) is 17.0 Å². The van der Waals surface area contributed by atoms with E-state index in [2.05, 4.69) is 29.2 Å². The van der Waals surface area contributed by atoms with Gasteiger partial charge in [0.25, 0.3) is 5.91 Å². The number of carbonyl (C=O) groups excluding carboxylic acids is 1. The number of aromatic nitrogens is 2. The summed E-state index contributed by atoms with van der Waals surface area (Å²) in [4.78, 5) is 12.4. The Bertz CT molecular complexity index is 620. The molecule has 2 aliphatic carbocycles. The molecule has 2 N–H and O–H groups in total. The third-order valence-electron chi connectivity index (χ3n) is 5.93. The van der Waals surface area contributed by atoms with Gasteiger partial charge in [0, 0.05) is 37.4 Å². The topological polar surface area (TPSA) is 68.2 Å². The molecule has 1 fully saturated rings. The van der Waals surface area contributed by atoms with Crippen molar-refractivity contribution in [3.63, 3.8) is 0 Å². The maximum atomic E-state index is 12.4. The molecule has 1 heterocycles. The first kappa shape index (κ1) is 20.3. The van der Waals surface area contributed by atoms with E-state index in [-0.39, 0.29) is 12.0 Å². The van der Waals surface area contributed by atoms with Crippen LogP contribution in [0.25, 0.3) is 0 Å². The minimum Gasteiger partial charge on any atom is -0.377 e. The van der Waals surface area contributed by atoms with Gasteiger partial charge in [-0.05, 0) is 51.9 Å². The van der Waals surface area contributed by atoms with Crippen molar-refractivity contribution in [1.82, 2.24) is 20.4 Å². The Kier molecular flexibility index (Phi) is 7.30. The standard InChI is InChI=1S/C21H36N4O2/c1-15(2)27-12-11-23-17-9-10-19-18(13-17)20(21(26)22-3)24-25(19)14-16-7-5-4-6-8-16/h15-17,23H,4-14H2,1-3H3,(H,22,26)/t17-/m0/s1. The summed E-state index contributed by atoms with van der Waals surface area (Å²) in [7, 11) is 1.69. The SMILES string of the molecule is CNC(=O)c1nn(CC2CCCCC2)c2c1C[C@@H](NCCOC(C)C)CC2. The summed E-state index contributed by atoms with van der Waals surface area (Å²) in [6.45, 7) is 6.67. The van der Waals surface area contributed by atoms with Gasteiger partial charge in [0.15, 0.2) is 5.69 Å². The number of hydrogen-bond donors (Lipinski definition) is 2. The Morgan fingerprint density at radius 3 is 2.74 bits per heavy atom. The monoisotopic (exact) mass is 376 g/mol. The number of fused-ring (bicyclic) bond motifs is 1. The lowest BCUT2D eigenvalue weighted by Gasteiger charge is -2.26. The van der Waals surface area contributed by atoms with Gasteiger partial charge < -0.3 is 15.4 Å². The summed E-state index contributed by atoms with van der Waals surface area (Å²) in [5.74, 6) is 0.654. The second-order valence-corrected chi connectivity index (χ2v) is 8.35. The highest BCUT2D eigenvalue weighted by Crippen LogP contribution is 2.29. The first-order valence-electron chi connectivity index (χ1n) is 10.7. The van der Waals surface area contributed by atoms with Crippen LogP contribution in [0.5, 0.6) is 0 Å². The normalized spacial score (nSPS) is 20.7. The average molecular weight is 377 g/mol. The molecular weight excluding hydrogens is 340 g/mol. The summed E-state index contributed by atoms with van der Waals surface area (Å²) < 4.78 is 7.79. The first-order valence-corrected chi connectivity index (χ1v) is 10.7.